The highest BCUT2D eigenvalue weighted by molar-refractivity contribution is 9.10. The van der Waals surface area contributed by atoms with E-state index in [1.54, 1.807) is 72.7 Å². The van der Waals surface area contributed by atoms with Crippen LogP contribution in [0.3, 0.4) is 0 Å². The second-order valence-electron chi connectivity index (χ2n) is 10.8. The molecule has 2 aliphatic rings. The fraction of sp³-hybridized carbons (Fsp3) is 0.364. The minimum absolute atomic E-state index is 0.142. The fourth-order valence-corrected chi connectivity index (χ4v) is 6.04. The Morgan fingerprint density at radius 3 is 2.53 bits per heavy atom. The molecular weight excluding hydrogens is 664 g/mol. The monoisotopic (exact) mass is 698 g/mol. The summed E-state index contributed by atoms with van der Waals surface area (Å²) in [6, 6.07) is 19.2. The number of hydrogen-bond acceptors (Lipinski definition) is 7. The van der Waals surface area contributed by atoms with E-state index in [1.807, 2.05) is 6.07 Å². The summed E-state index contributed by atoms with van der Waals surface area (Å²) in [7, 11) is 1.59. The van der Waals surface area contributed by atoms with E-state index < -0.39 is 6.10 Å². The highest BCUT2D eigenvalue weighted by Crippen LogP contribution is 2.38. The third kappa shape index (κ3) is 8.69. The van der Waals surface area contributed by atoms with E-state index in [2.05, 4.69) is 31.5 Å². The number of ether oxygens (including phenoxy) is 3. The second-order valence-corrected chi connectivity index (χ2v) is 12.1. The molecule has 2 N–H and O–H groups in total. The Morgan fingerprint density at radius 1 is 1.04 bits per heavy atom. The van der Waals surface area contributed by atoms with Gasteiger partial charge in [-0.1, -0.05) is 23.7 Å². The van der Waals surface area contributed by atoms with Crippen LogP contribution >= 0.6 is 27.5 Å². The fourth-order valence-electron chi connectivity index (χ4n) is 5.39. The summed E-state index contributed by atoms with van der Waals surface area (Å²) in [6.45, 7) is 4.52. The zero-order chi connectivity index (χ0) is 31.8. The molecule has 0 radical (unpaired) electrons. The smallest absolute Gasteiger partial charge is 0.258 e. The number of rotatable bonds is 10. The van der Waals surface area contributed by atoms with Crippen LogP contribution in [0, 0.1) is 0 Å². The Kier molecular flexibility index (Phi) is 11.6. The number of anilines is 2. The Balaban J connectivity index is 1.27. The molecule has 3 aromatic carbocycles. The van der Waals surface area contributed by atoms with Gasteiger partial charge in [0.2, 0.25) is 5.91 Å². The van der Waals surface area contributed by atoms with Crippen LogP contribution in [0.2, 0.25) is 5.02 Å². The maximum absolute atomic E-state index is 13.9. The largest absolute Gasteiger partial charge is 0.379 e. The Labute approximate surface area is 276 Å². The average Bonchev–Trinajstić information content (AvgIpc) is 3.21. The maximum atomic E-state index is 13.9. The van der Waals surface area contributed by atoms with Gasteiger partial charge in [0, 0.05) is 71.7 Å². The minimum Gasteiger partial charge on any atom is -0.379 e. The number of benzene rings is 3. The van der Waals surface area contributed by atoms with Crippen molar-refractivity contribution >= 4 is 56.6 Å². The molecule has 45 heavy (non-hydrogen) atoms. The molecule has 0 aromatic heterocycles. The van der Waals surface area contributed by atoms with Crippen molar-refractivity contribution in [3.05, 3.63) is 92.9 Å². The van der Waals surface area contributed by atoms with Gasteiger partial charge in [-0.3, -0.25) is 19.3 Å². The van der Waals surface area contributed by atoms with Crippen molar-refractivity contribution < 1.29 is 28.6 Å². The van der Waals surface area contributed by atoms with Gasteiger partial charge < -0.3 is 29.7 Å². The van der Waals surface area contributed by atoms with Crippen molar-refractivity contribution in [1.29, 1.82) is 0 Å². The summed E-state index contributed by atoms with van der Waals surface area (Å²) in [5.74, 6) is -0.727. The summed E-state index contributed by atoms with van der Waals surface area (Å²) < 4.78 is 18.0. The third-order valence-corrected chi connectivity index (χ3v) is 8.77. The van der Waals surface area contributed by atoms with Crippen molar-refractivity contribution in [3.8, 4) is 0 Å². The molecule has 0 saturated carbocycles. The van der Waals surface area contributed by atoms with Crippen molar-refractivity contribution in [2.45, 2.75) is 18.6 Å². The van der Waals surface area contributed by atoms with Crippen LogP contribution in [0.25, 0.3) is 0 Å². The lowest BCUT2D eigenvalue weighted by atomic mass is 10.0. The molecule has 1 saturated heterocycles. The van der Waals surface area contributed by atoms with Gasteiger partial charge in [-0.25, -0.2) is 0 Å². The zero-order valence-electron chi connectivity index (χ0n) is 25.0. The van der Waals surface area contributed by atoms with E-state index in [9.17, 15) is 14.4 Å². The average molecular weight is 700 g/mol. The standard InChI is InChI=1S/C33H36BrClN4O6/c1-43-25-19-30(45-21-31(40)36-12-13-38-14-16-44-17-15-38)27-18-23(35)8-11-29(27)39(20-25)33(42)22-6-9-24(10-7-22)37-32(41)26-4-2-3-5-28(26)34/h2-11,18,25,30H,12-17,19-21H2,1H3,(H,36,40)(H,37,41). The lowest BCUT2D eigenvalue weighted by Gasteiger charge is -2.26. The van der Waals surface area contributed by atoms with E-state index >= 15 is 0 Å². The molecule has 2 aliphatic heterocycles. The Morgan fingerprint density at radius 2 is 1.80 bits per heavy atom. The van der Waals surface area contributed by atoms with Crippen LogP contribution in [0.15, 0.2) is 71.2 Å². The van der Waals surface area contributed by atoms with Crippen LogP contribution in [0.1, 0.15) is 38.8 Å². The number of halogens is 2. The van der Waals surface area contributed by atoms with Crippen LogP contribution in [0.4, 0.5) is 11.4 Å². The lowest BCUT2D eigenvalue weighted by molar-refractivity contribution is -0.128. The normalized spacial score (nSPS) is 18.5. The first-order valence-electron chi connectivity index (χ1n) is 14.8. The number of carbonyl (C=O) groups excluding carboxylic acids is 3. The molecule has 0 aliphatic carbocycles. The van der Waals surface area contributed by atoms with Gasteiger partial charge in [-0.15, -0.1) is 0 Å². The van der Waals surface area contributed by atoms with Crippen molar-refractivity contribution in [1.82, 2.24) is 10.2 Å². The van der Waals surface area contributed by atoms with Gasteiger partial charge in [0.1, 0.15) is 6.61 Å². The summed E-state index contributed by atoms with van der Waals surface area (Å²) in [5, 5.41) is 6.28. The molecule has 10 nitrogen and oxygen atoms in total. The number of hydrogen-bond donors (Lipinski definition) is 2. The number of carbonyl (C=O) groups is 3. The van der Waals surface area contributed by atoms with E-state index in [0.717, 1.165) is 19.6 Å². The molecule has 0 bridgehead atoms. The Bertz CT molecular complexity index is 1500. The Hall–Kier alpha value is -3.32. The third-order valence-electron chi connectivity index (χ3n) is 7.85. The first-order chi connectivity index (χ1) is 21.8. The summed E-state index contributed by atoms with van der Waals surface area (Å²) in [6.07, 6.45) is -0.465. The SMILES string of the molecule is COC1CC(OCC(=O)NCCN2CCOCC2)c2cc(Cl)ccc2N(C(=O)c2ccc(NC(=O)c3ccccc3Br)cc2)C1. The number of amides is 3. The summed E-state index contributed by atoms with van der Waals surface area (Å²) in [4.78, 5) is 43.2. The van der Waals surface area contributed by atoms with Crippen molar-refractivity contribution in [2.24, 2.45) is 0 Å². The molecule has 2 unspecified atom stereocenters. The van der Waals surface area contributed by atoms with E-state index in [4.69, 9.17) is 25.8 Å². The van der Waals surface area contributed by atoms with Crippen LogP contribution in [0.5, 0.6) is 0 Å². The zero-order valence-corrected chi connectivity index (χ0v) is 27.3. The van der Waals surface area contributed by atoms with Crippen LogP contribution in [-0.2, 0) is 19.0 Å². The van der Waals surface area contributed by atoms with Gasteiger partial charge in [-0.2, -0.15) is 0 Å². The van der Waals surface area contributed by atoms with Crippen molar-refractivity contribution in [3.63, 3.8) is 0 Å². The van der Waals surface area contributed by atoms with Gasteiger partial charge in [0.25, 0.3) is 11.8 Å². The van der Waals surface area contributed by atoms with Gasteiger partial charge >= 0.3 is 0 Å². The number of morpholine rings is 1. The molecule has 5 rings (SSSR count). The summed E-state index contributed by atoms with van der Waals surface area (Å²) in [5.41, 5.74) is 2.83. The van der Waals surface area contributed by atoms with Gasteiger partial charge in [-0.05, 0) is 70.5 Å². The molecule has 2 heterocycles. The van der Waals surface area contributed by atoms with Crippen molar-refractivity contribution in [2.75, 3.05) is 69.9 Å². The van der Waals surface area contributed by atoms with Crippen LogP contribution in [-0.4, -0.2) is 88.4 Å². The topological polar surface area (TPSA) is 109 Å². The second kappa shape index (κ2) is 15.8. The highest BCUT2D eigenvalue weighted by atomic mass is 79.9. The molecule has 3 amide bonds. The minimum atomic E-state index is -0.527. The molecule has 12 heteroatoms. The van der Waals surface area contributed by atoms with E-state index in [1.165, 1.54) is 0 Å². The predicted octanol–water partition coefficient (Wildman–Crippen LogP) is 4.93. The summed E-state index contributed by atoms with van der Waals surface area (Å²) >= 11 is 9.81. The highest BCUT2D eigenvalue weighted by Gasteiger charge is 2.33. The first kappa shape index (κ1) is 33.1. The molecule has 238 valence electrons. The molecule has 1 fully saturated rings. The van der Waals surface area contributed by atoms with E-state index in [0.29, 0.717) is 63.7 Å². The quantitative estimate of drug-likeness (QED) is 0.309. The molecule has 3 aromatic rings. The van der Waals surface area contributed by atoms with Gasteiger partial charge in [0.15, 0.2) is 0 Å². The number of fused-ring (bicyclic) bond motifs is 1. The van der Waals surface area contributed by atoms with E-state index in [-0.39, 0.29) is 37.0 Å². The molecular formula is C33H36BrClN4O6. The van der Waals surface area contributed by atoms with Gasteiger partial charge in [0.05, 0.1) is 37.5 Å². The number of methoxy groups -OCH3 is 1. The molecule has 2 atom stereocenters. The number of nitrogens with one attached hydrogen (secondary N) is 2. The predicted molar refractivity (Wildman–Crippen MR) is 176 cm³/mol. The molecule has 0 spiro atoms. The lowest BCUT2D eigenvalue weighted by Crippen LogP contribution is -2.42. The first-order valence-corrected chi connectivity index (χ1v) is 16.0. The number of nitrogens with zero attached hydrogens (tertiary/aromatic N) is 2. The van der Waals surface area contributed by atoms with Crippen LogP contribution < -0.4 is 15.5 Å². The maximum Gasteiger partial charge on any atom is 0.258 e.